The smallest absolute Gasteiger partial charge is 0.312 e. The molecule has 1 aliphatic heterocycles. The maximum atomic E-state index is 13.2. The molecule has 8 nitrogen and oxygen atoms in total. The number of aryl methyl sites for hydroxylation is 1. The number of nitrogens with one attached hydrogen (secondary N) is 1. The molecule has 0 unspecified atom stereocenters. The molecule has 1 aromatic carbocycles. The Kier molecular flexibility index (Phi) is 3.34. The fraction of sp³-hybridized carbons (Fsp3) is 0.412. The number of benzene rings is 1. The van der Waals surface area contributed by atoms with E-state index in [4.69, 9.17) is 0 Å². The topological polar surface area (TPSA) is 124 Å². The first-order valence-electron chi connectivity index (χ1n) is 8.16. The van der Waals surface area contributed by atoms with Crippen LogP contribution in [0.4, 0.5) is 4.39 Å². The van der Waals surface area contributed by atoms with E-state index in [9.17, 15) is 29.0 Å². The highest BCUT2D eigenvalue weighted by molar-refractivity contribution is 5.96. The lowest BCUT2D eigenvalue weighted by Gasteiger charge is -2.19. The number of halogens is 1. The number of carboxylic acids is 2. The van der Waals surface area contributed by atoms with Crippen molar-refractivity contribution < 1.29 is 29.0 Å². The number of aliphatic carboxylic acids is 2. The number of aromatic amines is 1. The molecule has 2 fully saturated rings. The molecule has 2 heterocycles. The van der Waals surface area contributed by atoms with Gasteiger partial charge < -0.3 is 20.1 Å². The summed E-state index contributed by atoms with van der Waals surface area (Å²) in [4.78, 5) is 44.0. The van der Waals surface area contributed by atoms with Crippen molar-refractivity contribution in [3.8, 4) is 0 Å². The molecule has 0 bridgehead atoms. The van der Waals surface area contributed by atoms with E-state index in [0.29, 0.717) is 16.9 Å². The SMILES string of the molecule is O=C(CCc1nc2ccc(F)cc2[nH]1)N1C[C@@]2(C(=O)O)C[C@@]2(C(=O)O)C1. The van der Waals surface area contributed by atoms with Gasteiger partial charge in [-0.3, -0.25) is 14.4 Å². The van der Waals surface area contributed by atoms with Crippen LogP contribution in [-0.2, 0) is 20.8 Å². The van der Waals surface area contributed by atoms with Gasteiger partial charge in [-0.05, 0) is 24.6 Å². The number of imidazole rings is 1. The van der Waals surface area contributed by atoms with Gasteiger partial charge in [-0.1, -0.05) is 0 Å². The normalized spacial score (nSPS) is 26.7. The Bertz CT molecular complexity index is 929. The van der Waals surface area contributed by atoms with E-state index >= 15 is 0 Å². The number of fused-ring (bicyclic) bond motifs is 2. The molecule has 2 aliphatic rings. The molecule has 9 heteroatoms. The summed E-state index contributed by atoms with van der Waals surface area (Å²) in [6.45, 7) is -0.169. The number of carboxylic acid groups (broad SMARTS) is 2. The Balaban J connectivity index is 1.44. The molecule has 1 aromatic heterocycles. The number of hydrogen-bond acceptors (Lipinski definition) is 4. The molecule has 136 valence electrons. The van der Waals surface area contributed by atoms with Crippen LogP contribution < -0.4 is 0 Å². The van der Waals surface area contributed by atoms with Crippen molar-refractivity contribution >= 4 is 28.9 Å². The maximum Gasteiger partial charge on any atom is 0.312 e. The molecule has 1 amide bonds. The third-order valence-electron chi connectivity index (χ3n) is 5.56. The highest BCUT2D eigenvalue weighted by atomic mass is 19.1. The number of aromatic nitrogens is 2. The molecule has 3 N–H and O–H groups in total. The number of rotatable bonds is 5. The number of piperidine rings is 1. The van der Waals surface area contributed by atoms with Crippen LogP contribution in [0, 0.1) is 16.6 Å². The number of likely N-dealkylation sites (tertiary alicyclic amines) is 1. The number of carbonyl (C=O) groups is 3. The summed E-state index contributed by atoms with van der Waals surface area (Å²) in [7, 11) is 0. The number of nitrogens with zero attached hydrogens (tertiary/aromatic N) is 2. The number of carbonyl (C=O) groups excluding carboxylic acids is 1. The van der Waals surface area contributed by atoms with Crippen LogP contribution in [-0.4, -0.2) is 56.0 Å². The minimum atomic E-state index is -1.37. The van der Waals surface area contributed by atoms with Gasteiger partial charge >= 0.3 is 11.9 Å². The standard InChI is InChI=1S/C17H16FN3O5/c18-9-1-2-10-11(5-9)20-12(19-10)3-4-13(22)21-7-16(14(23)24)6-17(16,8-21)15(25)26/h1-2,5H,3-4,6-8H2,(H,19,20)(H,23,24)(H,25,26)/t16-,17+. The van der Waals surface area contributed by atoms with Crippen LogP contribution in [0.25, 0.3) is 11.0 Å². The van der Waals surface area contributed by atoms with E-state index in [1.54, 1.807) is 0 Å². The van der Waals surface area contributed by atoms with Crippen LogP contribution in [0.3, 0.4) is 0 Å². The Morgan fingerprint density at radius 2 is 1.85 bits per heavy atom. The minimum Gasteiger partial charge on any atom is -0.481 e. The second-order valence-corrected chi connectivity index (χ2v) is 7.05. The van der Waals surface area contributed by atoms with Gasteiger partial charge in [0.1, 0.15) is 22.5 Å². The molecule has 1 saturated carbocycles. The largest absolute Gasteiger partial charge is 0.481 e. The van der Waals surface area contributed by atoms with Gasteiger partial charge in [0.25, 0.3) is 0 Å². The van der Waals surface area contributed by atoms with Crippen molar-refractivity contribution in [2.75, 3.05) is 13.1 Å². The summed E-state index contributed by atoms with van der Waals surface area (Å²) in [5.74, 6) is -2.53. The molecule has 4 rings (SSSR count). The predicted octanol–water partition coefficient (Wildman–Crippen LogP) is 1.02. The van der Waals surface area contributed by atoms with Gasteiger partial charge in [0.05, 0.1) is 11.0 Å². The summed E-state index contributed by atoms with van der Waals surface area (Å²) in [5.41, 5.74) is -1.62. The number of H-pyrrole nitrogens is 1. The third-order valence-corrected chi connectivity index (χ3v) is 5.56. The van der Waals surface area contributed by atoms with Gasteiger partial charge in [-0.2, -0.15) is 0 Å². The molecule has 1 aliphatic carbocycles. The van der Waals surface area contributed by atoms with Crippen molar-refractivity contribution in [3.63, 3.8) is 0 Å². The first-order chi connectivity index (χ1) is 12.3. The second kappa shape index (κ2) is 5.26. The van der Waals surface area contributed by atoms with Gasteiger partial charge in [-0.15, -0.1) is 0 Å². The molecule has 2 aromatic rings. The van der Waals surface area contributed by atoms with Crippen LogP contribution in [0.5, 0.6) is 0 Å². The average molecular weight is 361 g/mol. The zero-order chi connectivity index (χ0) is 18.7. The summed E-state index contributed by atoms with van der Waals surface area (Å²) in [5, 5.41) is 18.8. The van der Waals surface area contributed by atoms with Gasteiger partial charge in [0.15, 0.2) is 0 Å². The van der Waals surface area contributed by atoms with Crippen LogP contribution in [0.15, 0.2) is 18.2 Å². The van der Waals surface area contributed by atoms with Gasteiger partial charge in [0.2, 0.25) is 5.91 Å². The lowest BCUT2D eigenvalue weighted by atomic mass is 9.97. The average Bonchev–Trinajstić information content (AvgIpc) is 2.91. The highest BCUT2D eigenvalue weighted by Crippen LogP contribution is 2.68. The van der Waals surface area contributed by atoms with Crippen molar-refractivity contribution in [2.24, 2.45) is 10.8 Å². The predicted molar refractivity (Wildman–Crippen MR) is 85.7 cm³/mol. The van der Waals surface area contributed by atoms with Crippen LogP contribution >= 0.6 is 0 Å². The van der Waals surface area contributed by atoms with Gasteiger partial charge in [-0.25, -0.2) is 9.37 Å². The summed E-state index contributed by atoms with van der Waals surface area (Å²) < 4.78 is 13.2. The van der Waals surface area contributed by atoms with Crippen molar-refractivity contribution in [1.82, 2.24) is 14.9 Å². The molecular weight excluding hydrogens is 345 g/mol. The molecule has 1 saturated heterocycles. The Morgan fingerprint density at radius 1 is 1.19 bits per heavy atom. The fourth-order valence-electron chi connectivity index (χ4n) is 4.00. The molecule has 2 atom stereocenters. The monoisotopic (exact) mass is 361 g/mol. The Morgan fingerprint density at radius 3 is 2.46 bits per heavy atom. The van der Waals surface area contributed by atoms with E-state index in [1.807, 2.05) is 0 Å². The first-order valence-corrected chi connectivity index (χ1v) is 8.16. The molecule has 0 radical (unpaired) electrons. The second-order valence-electron chi connectivity index (χ2n) is 7.05. The minimum absolute atomic E-state index is 0.0591. The Labute approximate surface area is 146 Å². The summed E-state index contributed by atoms with van der Waals surface area (Å²) >= 11 is 0. The van der Waals surface area contributed by atoms with E-state index < -0.39 is 28.6 Å². The quantitative estimate of drug-likeness (QED) is 0.731. The van der Waals surface area contributed by atoms with Gasteiger partial charge in [0, 0.05) is 25.9 Å². The fourth-order valence-corrected chi connectivity index (χ4v) is 4.00. The lowest BCUT2D eigenvalue weighted by molar-refractivity contribution is -0.151. The molecule has 26 heavy (non-hydrogen) atoms. The molecule has 0 spiro atoms. The van der Waals surface area contributed by atoms with Crippen LogP contribution in [0.2, 0.25) is 0 Å². The summed E-state index contributed by atoms with van der Waals surface area (Å²) in [6.07, 6.45) is 0.392. The van der Waals surface area contributed by atoms with E-state index in [2.05, 4.69) is 9.97 Å². The summed E-state index contributed by atoms with van der Waals surface area (Å²) in [6, 6.07) is 4.15. The maximum absolute atomic E-state index is 13.2. The van der Waals surface area contributed by atoms with E-state index in [0.717, 1.165) is 0 Å². The van der Waals surface area contributed by atoms with E-state index in [-0.39, 0.29) is 38.3 Å². The van der Waals surface area contributed by atoms with Crippen molar-refractivity contribution in [3.05, 3.63) is 29.8 Å². The lowest BCUT2D eigenvalue weighted by Crippen LogP contribution is -2.34. The Hall–Kier alpha value is -2.97. The first kappa shape index (κ1) is 16.5. The van der Waals surface area contributed by atoms with E-state index in [1.165, 1.54) is 23.1 Å². The zero-order valence-electron chi connectivity index (χ0n) is 13.7. The third kappa shape index (κ3) is 2.19. The van der Waals surface area contributed by atoms with Crippen molar-refractivity contribution in [2.45, 2.75) is 19.3 Å². The molecular formula is C17H16FN3O5. The number of amides is 1. The zero-order valence-corrected chi connectivity index (χ0v) is 13.7. The van der Waals surface area contributed by atoms with Crippen LogP contribution in [0.1, 0.15) is 18.7 Å². The highest BCUT2D eigenvalue weighted by Gasteiger charge is 2.81. The number of hydrogen-bond donors (Lipinski definition) is 3. The van der Waals surface area contributed by atoms with Crippen molar-refractivity contribution in [1.29, 1.82) is 0 Å².